The fourth-order valence-electron chi connectivity index (χ4n) is 2.82. The monoisotopic (exact) mass is 228 g/mol. The van der Waals surface area contributed by atoms with Crippen LogP contribution in [-0.4, -0.2) is 17.3 Å². The van der Waals surface area contributed by atoms with Crippen LogP contribution in [0.1, 0.15) is 42.4 Å². The van der Waals surface area contributed by atoms with E-state index in [-0.39, 0.29) is 0 Å². The van der Waals surface area contributed by atoms with Crippen molar-refractivity contribution < 1.29 is 0 Å². The number of nitrogens with zero attached hydrogens (tertiary/aromatic N) is 2. The molecule has 1 saturated heterocycles. The minimum atomic E-state index is 1.06. The molecule has 1 fully saturated rings. The van der Waals surface area contributed by atoms with Crippen LogP contribution in [0.25, 0.3) is 0 Å². The highest BCUT2D eigenvalue weighted by molar-refractivity contribution is 5.88. The first kappa shape index (κ1) is 10.8. The van der Waals surface area contributed by atoms with Gasteiger partial charge in [-0.3, -0.25) is 0 Å². The van der Waals surface area contributed by atoms with Gasteiger partial charge in [-0.15, -0.1) is 0 Å². The first-order chi connectivity index (χ1) is 8.25. The Morgan fingerprint density at radius 2 is 2.00 bits per heavy atom. The van der Waals surface area contributed by atoms with Crippen molar-refractivity contribution in [1.29, 1.82) is 0 Å². The Bertz CT molecular complexity index is 474. The molecule has 0 spiro atoms. The third-order valence-electron chi connectivity index (χ3n) is 4.08. The van der Waals surface area contributed by atoms with Gasteiger partial charge in [0.1, 0.15) is 5.84 Å². The van der Waals surface area contributed by atoms with Gasteiger partial charge in [-0.2, -0.15) is 0 Å². The number of amidine groups is 1. The molecule has 0 amide bonds. The SMILES string of the molecule is Cc1ccc2c(c1C)N=C1CCCCCN1C2. The van der Waals surface area contributed by atoms with Crippen LogP contribution >= 0.6 is 0 Å². The summed E-state index contributed by atoms with van der Waals surface area (Å²) >= 11 is 0. The minimum Gasteiger partial charge on any atom is -0.356 e. The van der Waals surface area contributed by atoms with Crippen LogP contribution in [0.5, 0.6) is 0 Å². The molecule has 0 bridgehead atoms. The van der Waals surface area contributed by atoms with Gasteiger partial charge >= 0.3 is 0 Å². The zero-order chi connectivity index (χ0) is 11.8. The average molecular weight is 228 g/mol. The molecule has 2 heteroatoms. The third kappa shape index (κ3) is 1.86. The second kappa shape index (κ2) is 4.17. The summed E-state index contributed by atoms with van der Waals surface area (Å²) in [6.45, 7) is 6.63. The smallest absolute Gasteiger partial charge is 0.105 e. The molecule has 2 aliphatic rings. The molecule has 1 aromatic rings. The van der Waals surface area contributed by atoms with Gasteiger partial charge in [0.25, 0.3) is 0 Å². The summed E-state index contributed by atoms with van der Waals surface area (Å²) in [5, 5.41) is 0. The molecule has 17 heavy (non-hydrogen) atoms. The van der Waals surface area contributed by atoms with Crippen LogP contribution in [0.3, 0.4) is 0 Å². The van der Waals surface area contributed by atoms with Crippen molar-refractivity contribution in [3.63, 3.8) is 0 Å². The summed E-state index contributed by atoms with van der Waals surface area (Å²) in [4.78, 5) is 7.41. The lowest BCUT2D eigenvalue weighted by Crippen LogP contribution is -2.32. The Hall–Kier alpha value is -1.31. The maximum absolute atomic E-state index is 4.93. The summed E-state index contributed by atoms with van der Waals surface area (Å²) in [6, 6.07) is 4.48. The molecule has 90 valence electrons. The number of hydrogen-bond donors (Lipinski definition) is 0. The molecule has 0 radical (unpaired) electrons. The van der Waals surface area contributed by atoms with E-state index in [1.54, 1.807) is 0 Å². The van der Waals surface area contributed by atoms with Crippen LogP contribution in [0, 0.1) is 13.8 Å². The van der Waals surface area contributed by atoms with Crippen LogP contribution in [0.2, 0.25) is 0 Å². The highest BCUT2D eigenvalue weighted by atomic mass is 15.2. The van der Waals surface area contributed by atoms with E-state index in [1.165, 1.54) is 54.0 Å². The topological polar surface area (TPSA) is 15.6 Å². The van der Waals surface area contributed by atoms with Gasteiger partial charge in [-0.05, 0) is 43.4 Å². The van der Waals surface area contributed by atoms with Gasteiger partial charge in [0, 0.05) is 19.5 Å². The summed E-state index contributed by atoms with van der Waals surface area (Å²) in [5.41, 5.74) is 5.37. The van der Waals surface area contributed by atoms with Crippen LogP contribution in [0.15, 0.2) is 17.1 Å². The predicted molar refractivity (Wildman–Crippen MR) is 71.9 cm³/mol. The Kier molecular flexibility index (Phi) is 2.65. The number of hydrogen-bond acceptors (Lipinski definition) is 2. The molecule has 2 nitrogen and oxygen atoms in total. The second-order valence-corrected chi connectivity index (χ2v) is 5.28. The van der Waals surface area contributed by atoms with Gasteiger partial charge in [0.2, 0.25) is 0 Å². The molecule has 1 aromatic carbocycles. The van der Waals surface area contributed by atoms with E-state index in [4.69, 9.17) is 4.99 Å². The quantitative estimate of drug-likeness (QED) is 0.660. The fourth-order valence-corrected chi connectivity index (χ4v) is 2.82. The Balaban J connectivity index is 2.06. The van der Waals surface area contributed by atoms with E-state index in [2.05, 4.69) is 30.9 Å². The van der Waals surface area contributed by atoms with E-state index >= 15 is 0 Å². The van der Waals surface area contributed by atoms with Gasteiger partial charge in [-0.25, -0.2) is 4.99 Å². The largest absolute Gasteiger partial charge is 0.356 e. The number of rotatable bonds is 0. The van der Waals surface area contributed by atoms with Crippen LogP contribution < -0.4 is 0 Å². The van der Waals surface area contributed by atoms with Gasteiger partial charge in [0.15, 0.2) is 0 Å². The molecular weight excluding hydrogens is 208 g/mol. The predicted octanol–water partition coefficient (Wildman–Crippen LogP) is 3.72. The minimum absolute atomic E-state index is 1.06. The summed E-state index contributed by atoms with van der Waals surface area (Å²) in [5.74, 6) is 1.32. The lowest BCUT2D eigenvalue weighted by molar-refractivity contribution is 0.403. The highest BCUT2D eigenvalue weighted by Crippen LogP contribution is 2.33. The van der Waals surface area contributed by atoms with Crippen LogP contribution in [-0.2, 0) is 6.54 Å². The molecule has 0 saturated carbocycles. The number of aryl methyl sites for hydroxylation is 1. The molecule has 0 aliphatic carbocycles. The highest BCUT2D eigenvalue weighted by Gasteiger charge is 2.22. The summed E-state index contributed by atoms with van der Waals surface area (Å²) in [7, 11) is 0. The molecule has 3 rings (SSSR count). The van der Waals surface area contributed by atoms with E-state index in [1.807, 2.05) is 0 Å². The van der Waals surface area contributed by atoms with Crippen LogP contribution in [0.4, 0.5) is 5.69 Å². The standard InChI is InChI=1S/C15H20N2/c1-11-7-8-13-10-17-9-5-3-4-6-14(17)16-15(13)12(11)2/h7-8H,3-6,9-10H2,1-2H3. The van der Waals surface area contributed by atoms with E-state index in [0.717, 1.165) is 13.0 Å². The van der Waals surface area contributed by atoms with Gasteiger partial charge < -0.3 is 4.90 Å². The Morgan fingerprint density at radius 3 is 2.88 bits per heavy atom. The number of fused-ring (bicyclic) bond motifs is 2. The first-order valence-electron chi connectivity index (χ1n) is 6.67. The average Bonchev–Trinajstić information content (AvgIpc) is 2.57. The lowest BCUT2D eigenvalue weighted by atomic mass is 10.0. The molecule has 0 unspecified atom stereocenters. The zero-order valence-corrected chi connectivity index (χ0v) is 10.8. The van der Waals surface area contributed by atoms with E-state index in [0.29, 0.717) is 0 Å². The lowest BCUT2D eigenvalue weighted by Gasteiger charge is -2.30. The summed E-state index contributed by atoms with van der Waals surface area (Å²) < 4.78 is 0. The molecule has 0 atom stereocenters. The normalized spacial score (nSPS) is 19.2. The maximum atomic E-state index is 4.93. The van der Waals surface area contributed by atoms with Crippen molar-refractivity contribution in [3.8, 4) is 0 Å². The van der Waals surface area contributed by atoms with Crippen molar-refractivity contribution in [3.05, 3.63) is 28.8 Å². The summed E-state index contributed by atoms with van der Waals surface area (Å²) in [6.07, 6.45) is 5.13. The van der Waals surface area contributed by atoms with Crippen molar-refractivity contribution in [2.45, 2.75) is 46.1 Å². The van der Waals surface area contributed by atoms with E-state index < -0.39 is 0 Å². The fraction of sp³-hybridized carbons (Fsp3) is 0.533. The second-order valence-electron chi connectivity index (χ2n) is 5.28. The molecule has 2 aliphatic heterocycles. The Labute approximate surface area is 103 Å². The number of benzene rings is 1. The molecule has 0 N–H and O–H groups in total. The maximum Gasteiger partial charge on any atom is 0.105 e. The molecule has 0 aromatic heterocycles. The van der Waals surface area contributed by atoms with E-state index in [9.17, 15) is 0 Å². The van der Waals surface area contributed by atoms with Crippen molar-refractivity contribution in [2.75, 3.05) is 6.54 Å². The van der Waals surface area contributed by atoms with Gasteiger partial charge in [0.05, 0.1) is 5.69 Å². The zero-order valence-electron chi connectivity index (χ0n) is 10.8. The number of aliphatic imine (C=N–C) groups is 1. The van der Waals surface area contributed by atoms with Crippen molar-refractivity contribution in [2.24, 2.45) is 4.99 Å². The first-order valence-corrected chi connectivity index (χ1v) is 6.67. The third-order valence-corrected chi connectivity index (χ3v) is 4.08. The Morgan fingerprint density at radius 1 is 1.12 bits per heavy atom. The molecular formula is C15H20N2. The molecule has 2 heterocycles. The van der Waals surface area contributed by atoms with Gasteiger partial charge in [-0.1, -0.05) is 18.6 Å². The van der Waals surface area contributed by atoms with Crippen molar-refractivity contribution >= 4 is 11.5 Å². The van der Waals surface area contributed by atoms with Crippen molar-refractivity contribution in [1.82, 2.24) is 4.90 Å².